The third-order valence-electron chi connectivity index (χ3n) is 3.47. The van der Waals surface area contributed by atoms with Gasteiger partial charge in [-0.1, -0.05) is 0 Å². The summed E-state index contributed by atoms with van der Waals surface area (Å²) >= 11 is 0. The van der Waals surface area contributed by atoms with Crippen LogP contribution in [0.25, 0.3) is 0 Å². The number of hydrogen-bond donors (Lipinski definition) is 0. The number of nitrogens with zero attached hydrogens (tertiary/aromatic N) is 2. The predicted molar refractivity (Wildman–Crippen MR) is 66.5 cm³/mol. The van der Waals surface area contributed by atoms with Crippen LogP contribution in [0.4, 0.5) is 10.1 Å². The predicted octanol–water partition coefficient (Wildman–Crippen LogP) is 1.28. The Bertz CT molecular complexity index is 457. The average Bonchev–Trinajstić information content (AvgIpc) is 2.87. The van der Waals surface area contributed by atoms with Crippen molar-refractivity contribution in [1.82, 2.24) is 4.98 Å². The van der Waals surface area contributed by atoms with Crippen LogP contribution in [0.15, 0.2) is 12.3 Å². The molecule has 0 spiro atoms. The Balaban J connectivity index is 1.85. The molecule has 1 aromatic rings. The van der Waals surface area contributed by atoms with Crippen molar-refractivity contribution in [3.63, 3.8) is 0 Å². The first-order chi connectivity index (χ1) is 9.19. The summed E-state index contributed by atoms with van der Waals surface area (Å²) in [6.45, 7) is 5.45. The Kier molecular flexibility index (Phi) is 3.38. The normalized spacial score (nSPS) is 22.7. The zero-order valence-electron chi connectivity index (χ0n) is 10.9. The summed E-state index contributed by atoms with van der Waals surface area (Å²) in [4.78, 5) is 6.26. The fraction of sp³-hybridized carbons (Fsp3) is 0.615. The van der Waals surface area contributed by atoms with E-state index in [9.17, 15) is 4.39 Å². The molecule has 2 aliphatic rings. The minimum atomic E-state index is -1.06. The van der Waals surface area contributed by atoms with Gasteiger partial charge in [-0.05, 0) is 6.92 Å². The maximum absolute atomic E-state index is 14.2. The summed E-state index contributed by atoms with van der Waals surface area (Å²) in [5.74, 6) is -1.46. The number of pyridine rings is 1. The van der Waals surface area contributed by atoms with E-state index in [-0.39, 0.29) is 5.69 Å². The smallest absolute Gasteiger partial charge is 0.212 e. The number of ether oxygens (including phenoxy) is 3. The van der Waals surface area contributed by atoms with Crippen LogP contribution in [-0.4, -0.2) is 44.5 Å². The Labute approximate surface area is 111 Å². The molecule has 2 saturated heterocycles. The number of halogens is 1. The highest BCUT2D eigenvalue weighted by Crippen LogP contribution is 2.32. The molecule has 19 heavy (non-hydrogen) atoms. The fourth-order valence-corrected chi connectivity index (χ4v) is 2.41. The lowest BCUT2D eigenvalue weighted by Gasteiger charge is -2.29. The zero-order chi connectivity index (χ0) is 13.3. The van der Waals surface area contributed by atoms with Gasteiger partial charge in [0.2, 0.25) is 5.79 Å². The highest BCUT2D eigenvalue weighted by molar-refractivity contribution is 5.45. The second kappa shape index (κ2) is 5.03. The molecule has 2 aliphatic heterocycles. The van der Waals surface area contributed by atoms with Crippen molar-refractivity contribution in [2.45, 2.75) is 12.7 Å². The van der Waals surface area contributed by atoms with Gasteiger partial charge in [0.1, 0.15) is 5.69 Å². The second-order valence-electron chi connectivity index (χ2n) is 4.77. The molecule has 0 atom stereocenters. The summed E-state index contributed by atoms with van der Waals surface area (Å²) < 4.78 is 30.4. The Morgan fingerprint density at radius 2 is 1.89 bits per heavy atom. The van der Waals surface area contributed by atoms with Gasteiger partial charge in [-0.3, -0.25) is 4.98 Å². The Hall–Kier alpha value is -1.24. The monoisotopic (exact) mass is 268 g/mol. The largest absolute Gasteiger partial charge is 0.378 e. The number of morpholine rings is 1. The first kappa shape index (κ1) is 12.8. The first-order valence-corrected chi connectivity index (χ1v) is 6.46. The van der Waals surface area contributed by atoms with Crippen LogP contribution in [0.1, 0.15) is 12.6 Å². The van der Waals surface area contributed by atoms with Crippen LogP contribution in [0.3, 0.4) is 0 Å². The zero-order valence-corrected chi connectivity index (χ0v) is 10.9. The van der Waals surface area contributed by atoms with Crippen molar-refractivity contribution < 1.29 is 18.6 Å². The quantitative estimate of drug-likeness (QED) is 0.808. The summed E-state index contributed by atoms with van der Waals surface area (Å²) in [6.07, 6.45) is 1.67. The first-order valence-electron chi connectivity index (χ1n) is 6.46. The van der Waals surface area contributed by atoms with E-state index in [0.717, 1.165) is 18.8 Å². The van der Waals surface area contributed by atoms with E-state index < -0.39 is 11.6 Å². The topological polar surface area (TPSA) is 43.8 Å². The maximum Gasteiger partial charge on any atom is 0.212 e. The lowest BCUT2D eigenvalue weighted by molar-refractivity contribution is -0.154. The van der Waals surface area contributed by atoms with E-state index >= 15 is 0 Å². The Morgan fingerprint density at radius 3 is 2.53 bits per heavy atom. The van der Waals surface area contributed by atoms with Crippen LogP contribution in [0, 0.1) is 5.82 Å². The summed E-state index contributed by atoms with van der Waals surface area (Å²) in [5, 5.41) is 0. The molecule has 6 heteroatoms. The van der Waals surface area contributed by atoms with Gasteiger partial charge in [-0.25, -0.2) is 4.39 Å². The van der Waals surface area contributed by atoms with Gasteiger partial charge in [-0.15, -0.1) is 0 Å². The van der Waals surface area contributed by atoms with Gasteiger partial charge < -0.3 is 19.1 Å². The second-order valence-corrected chi connectivity index (χ2v) is 4.77. The summed E-state index contributed by atoms with van der Waals surface area (Å²) in [6, 6.07) is 1.49. The lowest BCUT2D eigenvalue weighted by Crippen LogP contribution is -2.36. The maximum atomic E-state index is 14.2. The number of aromatic nitrogens is 1. The van der Waals surface area contributed by atoms with Gasteiger partial charge >= 0.3 is 0 Å². The van der Waals surface area contributed by atoms with E-state index in [2.05, 4.69) is 9.88 Å². The fourth-order valence-electron chi connectivity index (χ4n) is 2.41. The molecule has 0 aromatic carbocycles. The van der Waals surface area contributed by atoms with Crippen molar-refractivity contribution in [1.29, 1.82) is 0 Å². The number of hydrogen-bond acceptors (Lipinski definition) is 5. The highest BCUT2D eigenvalue weighted by atomic mass is 19.1. The van der Waals surface area contributed by atoms with Crippen LogP contribution < -0.4 is 4.90 Å². The highest BCUT2D eigenvalue weighted by Gasteiger charge is 2.37. The van der Waals surface area contributed by atoms with Gasteiger partial charge in [-0.2, -0.15) is 0 Å². The summed E-state index contributed by atoms with van der Waals surface area (Å²) in [5.41, 5.74) is 0.980. The van der Waals surface area contributed by atoms with E-state index in [1.165, 1.54) is 6.07 Å². The molecule has 0 saturated carbocycles. The molecular weight excluding hydrogens is 251 g/mol. The third kappa shape index (κ3) is 2.43. The lowest BCUT2D eigenvalue weighted by atomic mass is 10.1. The standard InChI is InChI=1S/C13H17FN2O3/c1-13(18-6-7-19-13)12-11(14)8-10(9-15-12)16-2-4-17-5-3-16/h8-9H,2-7H2,1H3. The minimum Gasteiger partial charge on any atom is -0.378 e. The number of rotatable bonds is 2. The Morgan fingerprint density at radius 1 is 1.21 bits per heavy atom. The average molecular weight is 268 g/mol. The minimum absolute atomic E-state index is 0.210. The van der Waals surface area contributed by atoms with E-state index in [1.54, 1.807) is 13.1 Å². The molecule has 0 aliphatic carbocycles. The molecule has 3 heterocycles. The number of anilines is 1. The molecule has 3 rings (SSSR count). The molecule has 1 aromatic heterocycles. The van der Waals surface area contributed by atoms with Gasteiger partial charge in [0.25, 0.3) is 0 Å². The van der Waals surface area contributed by atoms with Gasteiger partial charge in [0, 0.05) is 19.2 Å². The molecule has 0 radical (unpaired) electrons. The van der Waals surface area contributed by atoms with E-state index in [0.29, 0.717) is 26.4 Å². The van der Waals surface area contributed by atoms with Crippen molar-refractivity contribution in [2.75, 3.05) is 44.4 Å². The van der Waals surface area contributed by atoms with Crippen molar-refractivity contribution in [3.8, 4) is 0 Å². The van der Waals surface area contributed by atoms with Crippen LogP contribution in [-0.2, 0) is 20.0 Å². The molecular formula is C13H17FN2O3. The molecule has 0 amide bonds. The molecule has 0 unspecified atom stereocenters. The van der Waals surface area contributed by atoms with Crippen molar-refractivity contribution in [3.05, 3.63) is 23.8 Å². The molecule has 104 valence electrons. The SMILES string of the molecule is CC1(c2ncc(N3CCOCC3)cc2F)OCCO1. The molecule has 0 bridgehead atoms. The van der Waals surface area contributed by atoms with Gasteiger partial charge in [0.05, 0.1) is 38.3 Å². The van der Waals surface area contributed by atoms with Gasteiger partial charge in [0.15, 0.2) is 5.82 Å². The van der Waals surface area contributed by atoms with Crippen LogP contribution >= 0.6 is 0 Å². The van der Waals surface area contributed by atoms with E-state index in [1.807, 2.05) is 0 Å². The van der Waals surface area contributed by atoms with Crippen molar-refractivity contribution in [2.24, 2.45) is 0 Å². The van der Waals surface area contributed by atoms with E-state index in [4.69, 9.17) is 14.2 Å². The third-order valence-corrected chi connectivity index (χ3v) is 3.47. The molecule has 2 fully saturated rings. The van der Waals surface area contributed by atoms with Crippen LogP contribution in [0.5, 0.6) is 0 Å². The van der Waals surface area contributed by atoms with Crippen LogP contribution in [0.2, 0.25) is 0 Å². The summed E-state index contributed by atoms with van der Waals surface area (Å²) in [7, 11) is 0. The van der Waals surface area contributed by atoms with Crippen molar-refractivity contribution >= 4 is 5.69 Å². The molecule has 5 nitrogen and oxygen atoms in total. The molecule has 0 N–H and O–H groups in total.